The Morgan fingerprint density at radius 2 is 1.73 bits per heavy atom. The molecule has 2 heterocycles. The lowest BCUT2D eigenvalue weighted by atomic mass is 10.2. The summed E-state index contributed by atoms with van der Waals surface area (Å²) in [6, 6.07) is 9.22. The number of nitrogen functional groups attached to an aromatic ring is 1. The zero-order chi connectivity index (χ0) is 15.9. The predicted molar refractivity (Wildman–Crippen MR) is 79.5 cm³/mol. The first-order chi connectivity index (χ1) is 10.5. The summed E-state index contributed by atoms with van der Waals surface area (Å²) in [6.45, 7) is 0. The summed E-state index contributed by atoms with van der Waals surface area (Å²) in [7, 11) is 2.84. The number of tetrazole rings is 1. The van der Waals surface area contributed by atoms with Crippen molar-refractivity contribution in [3.05, 3.63) is 51.2 Å². The first-order valence-corrected chi connectivity index (χ1v) is 6.42. The van der Waals surface area contributed by atoms with E-state index in [1.807, 2.05) is 30.3 Å². The van der Waals surface area contributed by atoms with E-state index in [4.69, 9.17) is 5.73 Å². The molecular formula is C13H13N7O2. The van der Waals surface area contributed by atoms with Gasteiger partial charge in [-0.15, -0.1) is 15.0 Å². The third-order valence-corrected chi connectivity index (χ3v) is 3.30. The van der Waals surface area contributed by atoms with Gasteiger partial charge in [-0.25, -0.2) is 4.79 Å². The average Bonchev–Trinajstić information content (AvgIpc) is 3.02. The Morgan fingerprint density at radius 1 is 1.05 bits per heavy atom. The second-order valence-electron chi connectivity index (χ2n) is 4.71. The van der Waals surface area contributed by atoms with E-state index in [2.05, 4.69) is 15.4 Å². The van der Waals surface area contributed by atoms with E-state index in [0.29, 0.717) is 5.82 Å². The molecule has 0 amide bonds. The maximum atomic E-state index is 12.0. The second-order valence-corrected chi connectivity index (χ2v) is 4.71. The van der Waals surface area contributed by atoms with Crippen LogP contribution in [0.2, 0.25) is 0 Å². The fourth-order valence-electron chi connectivity index (χ4n) is 2.11. The van der Waals surface area contributed by atoms with Crippen molar-refractivity contribution in [1.82, 2.24) is 29.3 Å². The van der Waals surface area contributed by atoms with Gasteiger partial charge in [0.05, 0.1) is 0 Å². The molecule has 0 unspecified atom stereocenters. The molecule has 0 saturated carbocycles. The van der Waals surface area contributed by atoms with Gasteiger partial charge in [0.2, 0.25) is 5.82 Å². The van der Waals surface area contributed by atoms with E-state index in [0.717, 1.165) is 14.9 Å². The Hall–Kier alpha value is -3.23. The average molecular weight is 299 g/mol. The molecule has 112 valence electrons. The summed E-state index contributed by atoms with van der Waals surface area (Å²) >= 11 is 0. The van der Waals surface area contributed by atoms with Gasteiger partial charge in [0.1, 0.15) is 5.69 Å². The third kappa shape index (κ3) is 1.99. The van der Waals surface area contributed by atoms with Gasteiger partial charge in [0, 0.05) is 19.7 Å². The third-order valence-electron chi connectivity index (χ3n) is 3.30. The van der Waals surface area contributed by atoms with Crippen LogP contribution >= 0.6 is 0 Å². The molecule has 0 aliphatic carbocycles. The lowest BCUT2D eigenvalue weighted by molar-refractivity contribution is 0.611. The largest absolute Gasteiger partial charge is 0.391 e. The van der Waals surface area contributed by atoms with Crippen LogP contribution in [-0.4, -0.2) is 29.3 Å². The van der Waals surface area contributed by atoms with Crippen molar-refractivity contribution in [2.24, 2.45) is 14.1 Å². The van der Waals surface area contributed by atoms with Gasteiger partial charge in [-0.2, -0.15) is 0 Å². The van der Waals surface area contributed by atoms with Crippen molar-refractivity contribution in [3.63, 3.8) is 0 Å². The number of anilines is 1. The highest BCUT2D eigenvalue weighted by molar-refractivity contribution is 5.55. The first-order valence-electron chi connectivity index (χ1n) is 6.42. The van der Waals surface area contributed by atoms with Crippen LogP contribution in [0.25, 0.3) is 17.2 Å². The van der Waals surface area contributed by atoms with Gasteiger partial charge < -0.3 is 5.73 Å². The molecule has 9 nitrogen and oxygen atoms in total. The minimum Gasteiger partial charge on any atom is -0.391 e. The van der Waals surface area contributed by atoms with Crippen molar-refractivity contribution in [2.75, 3.05) is 5.73 Å². The van der Waals surface area contributed by atoms with Crippen LogP contribution in [0.4, 0.5) is 5.69 Å². The molecule has 2 aromatic heterocycles. The number of aromatic nitrogens is 6. The lowest BCUT2D eigenvalue weighted by Crippen LogP contribution is -2.40. The quantitative estimate of drug-likeness (QED) is 0.670. The normalized spacial score (nSPS) is 10.8. The Labute approximate surface area is 124 Å². The smallest absolute Gasteiger partial charge is 0.332 e. The lowest BCUT2D eigenvalue weighted by Gasteiger charge is -2.10. The van der Waals surface area contributed by atoms with Gasteiger partial charge in [-0.05, 0) is 5.21 Å². The van der Waals surface area contributed by atoms with E-state index < -0.39 is 11.2 Å². The molecule has 0 aliphatic rings. The summed E-state index contributed by atoms with van der Waals surface area (Å²) in [5.74, 6) is 0.455. The van der Waals surface area contributed by atoms with Crippen molar-refractivity contribution >= 4 is 5.69 Å². The standard InChI is InChI=1S/C13H13N7O2/c1-18-11(9(14)12(21)19(2)13(18)22)20-16-10(15-17-20)8-6-4-3-5-7-8/h3-7H,14H2,1-2H3. The van der Waals surface area contributed by atoms with Crippen LogP contribution in [0.5, 0.6) is 0 Å². The zero-order valence-electron chi connectivity index (χ0n) is 12.0. The summed E-state index contributed by atoms with van der Waals surface area (Å²) in [5.41, 5.74) is 5.33. The van der Waals surface area contributed by atoms with Gasteiger partial charge in [0.25, 0.3) is 5.56 Å². The fraction of sp³-hybridized carbons (Fsp3) is 0.154. The second kappa shape index (κ2) is 4.95. The Morgan fingerprint density at radius 3 is 2.41 bits per heavy atom. The molecule has 2 N–H and O–H groups in total. The molecule has 0 radical (unpaired) electrons. The SMILES string of the molecule is Cn1c(-n2nnc(-c3ccccc3)n2)c(N)c(=O)n(C)c1=O. The van der Waals surface area contributed by atoms with E-state index in [1.54, 1.807) is 0 Å². The van der Waals surface area contributed by atoms with Crippen molar-refractivity contribution in [2.45, 2.75) is 0 Å². The molecule has 0 fully saturated rings. The van der Waals surface area contributed by atoms with Crippen LogP contribution in [0, 0.1) is 0 Å². The highest BCUT2D eigenvalue weighted by Gasteiger charge is 2.17. The van der Waals surface area contributed by atoms with Crippen LogP contribution in [0.15, 0.2) is 39.9 Å². The van der Waals surface area contributed by atoms with Crippen LogP contribution in [0.1, 0.15) is 0 Å². The highest BCUT2D eigenvalue weighted by Crippen LogP contribution is 2.14. The molecule has 0 saturated heterocycles. The van der Waals surface area contributed by atoms with Gasteiger partial charge >= 0.3 is 5.69 Å². The molecule has 0 bridgehead atoms. The minimum atomic E-state index is -0.600. The number of rotatable bonds is 2. The maximum Gasteiger partial charge on any atom is 0.332 e. The summed E-state index contributed by atoms with van der Waals surface area (Å²) < 4.78 is 2.13. The molecule has 3 aromatic rings. The molecule has 9 heteroatoms. The summed E-state index contributed by atoms with van der Waals surface area (Å²) in [4.78, 5) is 25.0. The number of benzene rings is 1. The van der Waals surface area contributed by atoms with Crippen LogP contribution < -0.4 is 17.0 Å². The van der Waals surface area contributed by atoms with Crippen molar-refractivity contribution < 1.29 is 0 Å². The Balaban J connectivity index is 2.20. The predicted octanol–water partition coefficient (Wildman–Crippen LogP) is -0.691. The Bertz CT molecular complexity index is 916. The van der Waals surface area contributed by atoms with E-state index in [1.165, 1.54) is 18.7 Å². The minimum absolute atomic E-state index is 0.0859. The first kappa shape index (κ1) is 13.7. The van der Waals surface area contributed by atoms with Gasteiger partial charge in [-0.3, -0.25) is 13.9 Å². The molecule has 0 spiro atoms. The topological polar surface area (TPSA) is 114 Å². The maximum absolute atomic E-state index is 12.0. The highest BCUT2D eigenvalue weighted by atomic mass is 16.2. The monoisotopic (exact) mass is 299 g/mol. The van der Waals surface area contributed by atoms with Crippen LogP contribution in [0.3, 0.4) is 0 Å². The summed E-state index contributed by atoms with van der Waals surface area (Å²) in [6.07, 6.45) is 0. The van der Waals surface area contributed by atoms with Crippen molar-refractivity contribution in [3.8, 4) is 17.2 Å². The zero-order valence-corrected chi connectivity index (χ0v) is 12.0. The number of nitrogens with two attached hydrogens (primary N) is 1. The molecule has 0 aliphatic heterocycles. The molecule has 0 atom stereocenters. The van der Waals surface area contributed by atoms with Gasteiger partial charge in [-0.1, -0.05) is 30.3 Å². The van der Waals surface area contributed by atoms with Crippen LogP contribution in [-0.2, 0) is 14.1 Å². The molecule has 1 aromatic carbocycles. The number of nitrogens with zero attached hydrogens (tertiary/aromatic N) is 6. The number of hydrogen-bond donors (Lipinski definition) is 1. The molecule has 22 heavy (non-hydrogen) atoms. The van der Waals surface area contributed by atoms with E-state index in [-0.39, 0.29) is 11.5 Å². The molecular weight excluding hydrogens is 286 g/mol. The van der Waals surface area contributed by atoms with E-state index in [9.17, 15) is 9.59 Å². The van der Waals surface area contributed by atoms with E-state index >= 15 is 0 Å². The Kier molecular flexibility index (Phi) is 3.09. The summed E-state index contributed by atoms with van der Waals surface area (Å²) in [5, 5.41) is 12.0. The fourth-order valence-corrected chi connectivity index (χ4v) is 2.11. The molecule has 3 rings (SSSR count). The van der Waals surface area contributed by atoms with Gasteiger partial charge in [0.15, 0.2) is 5.82 Å². The van der Waals surface area contributed by atoms with Crippen molar-refractivity contribution in [1.29, 1.82) is 0 Å². The number of hydrogen-bond acceptors (Lipinski definition) is 6.